The Morgan fingerprint density at radius 1 is 1.28 bits per heavy atom. The Balaban J connectivity index is 2.50. The number of hydrogen-bond donors (Lipinski definition) is 3. The Hall–Kier alpha value is -2.02. The Kier molecular flexibility index (Phi) is 4.73. The van der Waals surface area contributed by atoms with E-state index < -0.39 is 29.6 Å². The highest BCUT2D eigenvalue weighted by Crippen LogP contribution is 2.08. The highest BCUT2D eigenvalue weighted by molar-refractivity contribution is 5.94. The summed E-state index contributed by atoms with van der Waals surface area (Å²) in [7, 11) is 0. The number of carbonyl (C=O) groups excluding carboxylic acids is 1. The minimum atomic E-state index is -1.57. The average Bonchev–Trinajstić information content (AvgIpc) is 2.32. The largest absolute Gasteiger partial charge is 0.479 e. The van der Waals surface area contributed by atoms with Crippen LogP contribution in [0.4, 0.5) is 8.78 Å². The molecule has 0 aromatic heterocycles. The molecule has 18 heavy (non-hydrogen) atoms. The van der Waals surface area contributed by atoms with Crippen LogP contribution in [0.2, 0.25) is 0 Å². The van der Waals surface area contributed by atoms with Crippen LogP contribution >= 0.6 is 0 Å². The molecule has 0 fully saturated rings. The van der Waals surface area contributed by atoms with Crippen molar-refractivity contribution in [1.29, 1.82) is 0 Å². The summed E-state index contributed by atoms with van der Waals surface area (Å²) in [5.41, 5.74) is -0.0845. The van der Waals surface area contributed by atoms with Gasteiger partial charge in [-0.15, -0.1) is 0 Å². The normalized spacial score (nSPS) is 11.9. The van der Waals surface area contributed by atoms with Gasteiger partial charge in [-0.05, 0) is 18.2 Å². The smallest absolute Gasteiger partial charge is 0.332 e. The fraction of sp³-hybridized carbons (Fsp3) is 0.273. The summed E-state index contributed by atoms with van der Waals surface area (Å²) in [4.78, 5) is 21.7. The van der Waals surface area contributed by atoms with E-state index in [-0.39, 0.29) is 18.5 Å². The molecule has 1 aromatic rings. The van der Waals surface area contributed by atoms with Crippen molar-refractivity contribution >= 4 is 11.9 Å². The van der Waals surface area contributed by atoms with Gasteiger partial charge >= 0.3 is 5.97 Å². The van der Waals surface area contributed by atoms with E-state index in [0.29, 0.717) is 0 Å². The maximum atomic E-state index is 12.8. The van der Waals surface area contributed by atoms with Crippen molar-refractivity contribution in [3.8, 4) is 0 Å². The van der Waals surface area contributed by atoms with Gasteiger partial charge in [-0.25, -0.2) is 13.6 Å². The Bertz CT molecular complexity index is 464. The molecule has 0 bridgehead atoms. The van der Waals surface area contributed by atoms with Gasteiger partial charge in [-0.3, -0.25) is 4.79 Å². The van der Waals surface area contributed by atoms with Crippen molar-refractivity contribution in [2.75, 3.05) is 6.54 Å². The quantitative estimate of drug-likeness (QED) is 0.720. The second-order valence-electron chi connectivity index (χ2n) is 3.53. The van der Waals surface area contributed by atoms with E-state index in [1.807, 2.05) is 0 Å². The number of carbonyl (C=O) groups is 2. The summed E-state index contributed by atoms with van der Waals surface area (Å²) in [6.45, 7) is -0.0920. The summed E-state index contributed by atoms with van der Waals surface area (Å²) in [5.74, 6) is -4.27. The van der Waals surface area contributed by atoms with Gasteiger partial charge in [0.05, 0.1) is 0 Å². The summed E-state index contributed by atoms with van der Waals surface area (Å²) < 4.78 is 25.4. The van der Waals surface area contributed by atoms with Crippen molar-refractivity contribution in [3.05, 3.63) is 35.4 Å². The predicted octanol–water partition coefficient (Wildman–Crippen LogP) is 0.530. The van der Waals surface area contributed by atoms with E-state index >= 15 is 0 Å². The number of rotatable bonds is 5. The van der Waals surface area contributed by atoms with Crippen LogP contribution in [0.5, 0.6) is 0 Å². The Labute approximate surface area is 101 Å². The van der Waals surface area contributed by atoms with E-state index in [2.05, 4.69) is 5.32 Å². The zero-order valence-corrected chi connectivity index (χ0v) is 9.19. The van der Waals surface area contributed by atoms with Gasteiger partial charge in [-0.1, -0.05) is 0 Å². The molecular weight excluding hydrogens is 248 g/mol. The molecular formula is C11H11F2NO4. The van der Waals surface area contributed by atoms with Crippen LogP contribution in [0, 0.1) is 11.6 Å². The van der Waals surface area contributed by atoms with Crippen molar-refractivity contribution in [2.24, 2.45) is 0 Å². The van der Waals surface area contributed by atoms with Crippen LogP contribution in [0.3, 0.4) is 0 Å². The highest BCUT2D eigenvalue weighted by atomic mass is 19.2. The van der Waals surface area contributed by atoms with Gasteiger partial charge in [-0.2, -0.15) is 0 Å². The van der Waals surface area contributed by atoms with Crippen LogP contribution in [0.1, 0.15) is 16.8 Å². The van der Waals surface area contributed by atoms with Crippen molar-refractivity contribution in [2.45, 2.75) is 12.5 Å². The monoisotopic (exact) mass is 259 g/mol. The summed E-state index contributed by atoms with van der Waals surface area (Å²) in [6.07, 6.45) is -1.75. The molecule has 0 heterocycles. The standard InChI is InChI=1S/C11H11F2NO4/c12-7-2-1-6(5-8(7)13)10(16)14-4-3-9(15)11(17)18/h1-2,5,9,15H,3-4H2,(H,14,16)(H,17,18)/t9-/m0/s1. The lowest BCUT2D eigenvalue weighted by Gasteiger charge is -2.07. The number of carboxylic acid groups (broad SMARTS) is 1. The van der Waals surface area contributed by atoms with Gasteiger partial charge in [0.2, 0.25) is 0 Å². The number of halogens is 2. The first kappa shape index (κ1) is 14.0. The molecule has 0 aliphatic carbocycles. The Morgan fingerprint density at radius 2 is 1.94 bits per heavy atom. The lowest BCUT2D eigenvalue weighted by Crippen LogP contribution is -2.30. The fourth-order valence-corrected chi connectivity index (χ4v) is 1.19. The van der Waals surface area contributed by atoms with Crippen LogP contribution < -0.4 is 5.32 Å². The predicted molar refractivity (Wildman–Crippen MR) is 57.0 cm³/mol. The third-order valence-electron chi connectivity index (χ3n) is 2.17. The maximum Gasteiger partial charge on any atom is 0.332 e. The lowest BCUT2D eigenvalue weighted by molar-refractivity contribution is -0.146. The molecule has 7 heteroatoms. The number of hydrogen-bond acceptors (Lipinski definition) is 3. The molecule has 0 saturated carbocycles. The molecule has 0 aliphatic rings. The van der Waals surface area contributed by atoms with Crippen molar-refractivity contribution < 1.29 is 28.6 Å². The first-order valence-corrected chi connectivity index (χ1v) is 5.06. The highest BCUT2D eigenvalue weighted by Gasteiger charge is 2.14. The minimum Gasteiger partial charge on any atom is -0.479 e. The summed E-state index contributed by atoms with van der Waals surface area (Å²) >= 11 is 0. The number of aliphatic hydroxyl groups excluding tert-OH is 1. The van der Waals surface area contributed by atoms with Crippen molar-refractivity contribution in [1.82, 2.24) is 5.32 Å². The summed E-state index contributed by atoms with van der Waals surface area (Å²) in [5, 5.41) is 19.6. The second kappa shape index (κ2) is 6.06. The number of carboxylic acids is 1. The molecule has 1 rings (SSSR count). The van der Waals surface area contributed by atoms with E-state index in [9.17, 15) is 18.4 Å². The molecule has 5 nitrogen and oxygen atoms in total. The van der Waals surface area contributed by atoms with Crippen LogP contribution in [0.15, 0.2) is 18.2 Å². The number of aliphatic hydroxyl groups is 1. The van der Waals surface area contributed by atoms with Crippen LogP contribution in [-0.4, -0.2) is 34.7 Å². The first-order chi connectivity index (χ1) is 8.41. The van der Waals surface area contributed by atoms with E-state index in [0.717, 1.165) is 18.2 Å². The minimum absolute atomic E-state index is 0.0845. The fourth-order valence-electron chi connectivity index (χ4n) is 1.19. The first-order valence-electron chi connectivity index (χ1n) is 5.06. The number of aliphatic carboxylic acids is 1. The average molecular weight is 259 g/mol. The van der Waals surface area contributed by atoms with Gasteiger partial charge in [0, 0.05) is 18.5 Å². The maximum absolute atomic E-state index is 12.8. The zero-order valence-electron chi connectivity index (χ0n) is 9.19. The number of benzene rings is 1. The zero-order chi connectivity index (χ0) is 13.7. The Morgan fingerprint density at radius 3 is 2.50 bits per heavy atom. The number of nitrogens with one attached hydrogen (secondary N) is 1. The van der Waals surface area contributed by atoms with Gasteiger partial charge in [0.1, 0.15) is 0 Å². The number of amides is 1. The molecule has 0 saturated heterocycles. The van der Waals surface area contributed by atoms with Gasteiger partial charge in [0.25, 0.3) is 5.91 Å². The SMILES string of the molecule is O=C(NCC[C@H](O)C(=O)O)c1ccc(F)c(F)c1. The van der Waals surface area contributed by atoms with Crippen LogP contribution in [0.25, 0.3) is 0 Å². The third kappa shape index (κ3) is 3.77. The molecule has 1 amide bonds. The second-order valence-corrected chi connectivity index (χ2v) is 3.53. The molecule has 0 aliphatic heterocycles. The summed E-state index contributed by atoms with van der Waals surface area (Å²) in [6, 6.07) is 2.65. The van der Waals surface area contributed by atoms with Gasteiger partial charge in [0.15, 0.2) is 17.7 Å². The topological polar surface area (TPSA) is 86.6 Å². The van der Waals surface area contributed by atoms with Crippen LogP contribution in [-0.2, 0) is 4.79 Å². The molecule has 1 atom stereocenters. The van der Waals surface area contributed by atoms with Crippen molar-refractivity contribution in [3.63, 3.8) is 0 Å². The molecule has 1 aromatic carbocycles. The van der Waals surface area contributed by atoms with E-state index in [1.54, 1.807) is 0 Å². The van der Waals surface area contributed by atoms with E-state index in [1.165, 1.54) is 0 Å². The molecule has 0 radical (unpaired) electrons. The third-order valence-corrected chi connectivity index (χ3v) is 2.17. The van der Waals surface area contributed by atoms with E-state index in [4.69, 9.17) is 10.2 Å². The molecule has 0 spiro atoms. The molecule has 0 unspecified atom stereocenters. The lowest BCUT2D eigenvalue weighted by atomic mass is 10.2. The molecule has 98 valence electrons. The molecule has 3 N–H and O–H groups in total. The van der Waals surface area contributed by atoms with Gasteiger partial charge < -0.3 is 15.5 Å².